The van der Waals surface area contributed by atoms with Crippen molar-refractivity contribution in [1.82, 2.24) is 14.8 Å². The summed E-state index contributed by atoms with van der Waals surface area (Å²) < 4.78 is 21.6. The number of esters is 1. The highest BCUT2D eigenvalue weighted by molar-refractivity contribution is 6.46. The zero-order chi connectivity index (χ0) is 29.0. The number of ketones is 1. The Balaban J connectivity index is 2.28. The number of aromatic amines is 1. The summed E-state index contributed by atoms with van der Waals surface area (Å²) in [6.45, 7) is 6.14. The molecule has 212 valence electrons. The monoisotopic (exact) mass is 543 g/mol. The van der Waals surface area contributed by atoms with Crippen LogP contribution in [0.3, 0.4) is 0 Å². The fraction of sp³-hybridized carbons (Fsp3) is 0.464. The van der Waals surface area contributed by atoms with E-state index in [0.717, 1.165) is 0 Å². The van der Waals surface area contributed by atoms with Crippen LogP contribution in [0.15, 0.2) is 17.7 Å². The molecule has 1 aliphatic rings. The van der Waals surface area contributed by atoms with E-state index in [1.54, 1.807) is 32.9 Å². The van der Waals surface area contributed by atoms with Crippen molar-refractivity contribution in [1.29, 1.82) is 0 Å². The first-order valence-electron chi connectivity index (χ1n) is 12.6. The number of aromatic nitrogens is 1. The number of aliphatic hydroxyl groups excluding tert-OH is 1. The highest BCUT2D eigenvalue weighted by Gasteiger charge is 2.47. The molecule has 1 saturated heterocycles. The molecule has 3 rings (SSSR count). The lowest BCUT2D eigenvalue weighted by atomic mass is 9.93. The number of carbonyl (C=O) groups excluding carboxylic acids is 3. The summed E-state index contributed by atoms with van der Waals surface area (Å²) in [6, 6.07) is 2.37. The number of ether oxygens (including phenoxy) is 4. The van der Waals surface area contributed by atoms with Crippen LogP contribution in [0.2, 0.25) is 0 Å². The first-order chi connectivity index (χ1) is 18.5. The van der Waals surface area contributed by atoms with Crippen LogP contribution < -0.4 is 14.2 Å². The molecule has 39 heavy (non-hydrogen) atoms. The van der Waals surface area contributed by atoms with E-state index in [-0.39, 0.29) is 35.7 Å². The van der Waals surface area contributed by atoms with Crippen LogP contribution in [0.1, 0.15) is 52.3 Å². The maximum absolute atomic E-state index is 13.5. The number of H-pyrrole nitrogens is 1. The number of nitrogens with one attached hydrogen (secondary N) is 1. The molecule has 11 nitrogen and oxygen atoms in total. The largest absolute Gasteiger partial charge is 0.507 e. The molecule has 1 unspecified atom stereocenters. The molecule has 0 spiro atoms. The van der Waals surface area contributed by atoms with Crippen molar-refractivity contribution in [3.8, 4) is 17.2 Å². The van der Waals surface area contributed by atoms with Gasteiger partial charge >= 0.3 is 5.97 Å². The van der Waals surface area contributed by atoms with Gasteiger partial charge in [0.05, 0.1) is 39.6 Å². The Labute approximate surface area is 228 Å². The van der Waals surface area contributed by atoms with Gasteiger partial charge in [0.2, 0.25) is 5.75 Å². The van der Waals surface area contributed by atoms with E-state index in [9.17, 15) is 19.5 Å². The molecule has 11 heteroatoms. The number of amides is 1. The Morgan fingerprint density at radius 2 is 1.69 bits per heavy atom. The molecule has 1 fully saturated rings. The molecule has 0 saturated carbocycles. The summed E-state index contributed by atoms with van der Waals surface area (Å²) in [5, 5.41) is 11.6. The minimum atomic E-state index is -0.944. The second-order valence-electron chi connectivity index (χ2n) is 9.45. The van der Waals surface area contributed by atoms with Gasteiger partial charge in [0.25, 0.3) is 11.7 Å². The minimum absolute atomic E-state index is 0.0975. The number of aryl methyl sites for hydroxylation is 1. The first-order valence-corrected chi connectivity index (χ1v) is 12.6. The van der Waals surface area contributed by atoms with Crippen LogP contribution in [0.5, 0.6) is 17.2 Å². The topological polar surface area (TPSA) is 131 Å². The van der Waals surface area contributed by atoms with Gasteiger partial charge < -0.3 is 38.8 Å². The number of nitrogens with zero attached hydrogens (tertiary/aromatic N) is 2. The van der Waals surface area contributed by atoms with Gasteiger partial charge in [-0.1, -0.05) is 0 Å². The lowest BCUT2D eigenvalue weighted by molar-refractivity contribution is -0.139. The molecule has 2 heterocycles. The third-order valence-corrected chi connectivity index (χ3v) is 6.70. The van der Waals surface area contributed by atoms with E-state index in [0.29, 0.717) is 47.0 Å². The van der Waals surface area contributed by atoms with E-state index in [1.165, 1.54) is 26.2 Å². The minimum Gasteiger partial charge on any atom is -0.507 e. The van der Waals surface area contributed by atoms with Gasteiger partial charge in [0.15, 0.2) is 11.5 Å². The Hall–Kier alpha value is -3.99. The Morgan fingerprint density at radius 1 is 1.08 bits per heavy atom. The summed E-state index contributed by atoms with van der Waals surface area (Å²) in [7, 11) is 8.26. The fourth-order valence-corrected chi connectivity index (χ4v) is 4.92. The highest BCUT2D eigenvalue weighted by Crippen LogP contribution is 2.46. The zero-order valence-corrected chi connectivity index (χ0v) is 23.8. The maximum Gasteiger partial charge on any atom is 0.355 e. The Bertz CT molecular complexity index is 1270. The van der Waals surface area contributed by atoms with Crippen molar-refractivity contribution in [3.05, 3.63) is 45.8 Å². The number of likely N-dealkylation sites (tertiary alicyclic amines) is 1. The molecule has 1 aliphatic heterocycles. The van der Waals surface area contributed by atoms with E-state index in [4.69, 9.17) is 18.9 Å². The average molecular weight is 544 g/mol. The zero-order valence-electron chi connectivity index (χ0n) is 23.8. The van der Waals surface area contributed by atoms with Crippen molar-refractivity contribution in [3.63, 3.8) is 0 Å². The number of Topliss-reactive ketones (excluding diaryl/α,β-unsaturated/α-hetero) is 1. The van der Waals surface area contributed by atoms with Gasteiger partial charge in [0, 0.05) is 17.8 Å². The number of hydrogen-bond acceptors (Lipinski definition) is 9. The van der Waals surface area contributed by atoms with Gasteiger partial charge in [-0.25, -0.2) is 4.79 Å². The molecule has 1 aromatic heterocycles. The van der Waals surface area contributed by atoms with Gasteiger partial charge in [-0.05, 0) is 71.1 Å². The number of hydrogen-bond donors (Lipinski definition) is 2. The van der Waals surface area contributed by atoms with Gasteiger partial charge in [-0.3, -0.25) is 9.59 Å². The number of rotatable bonds is 11. The van der Waals surface area contributed by atoms with Crippen LogP contribution in [0, 0.1) is 13.8 Å². The SMILES string of the molecule is CCOC(=O)c1[nH]c(C)c(C(O)=C2C(=O)C(=O)N(CCCN(C)C)C2c2cc(OC)c(OC)c(OC)c2)c1C. The molecule has 2 aromatic rings. The number of methoxy groups -OCH3 is 3. The summed E-state index contributed by atoms with van der Waals surface area (Å²) >= 11 is 0. The molecular formula is C28H37N3O8. The summed E-state index contributed by atoms with van der Waals surface area (Å²) in [5.74, 6) is -1.50. The molecule has 1 atom stereocenters. The van der Waals surface area contributed by atoms with Crippen LogP contribution in [0.4, 0.5) is 0 Å². The maximum atomic E-state index is 13.5. The number of carbonyl (C=O) groups is 3. The first kappa shape index (κ1) is 29.6. The summed E-state index contributed by atoms with van der Waals surface area (Å²) in [5.41, 5.74) is 1.69. The van der Waals surface area contributed by atoms with Crippen molar-refractivity contribution in [2.45, 2.75) is 33.2 Å². The second-order valence-corrected chi connectivity index (χ2v) is 9.45. The number of benzene rings is 1. The van der Waals surface area contributed by atoms with Crippen molar-refractivity contribution < 1.29 is 38.4 Å². The molecule has 1 aromatic carbocycles. The smallest absolute Gasteiger partial charge is 0.355 e. The van der Waals surface area contributed by atoms with E-state index >= 15 is 0 Å². The Morgan fingerprint density at radius 3 is 2.21 bits per heavy atom. The van der Waals surface area contributed by atoms with Crippen LogP contribution in [-0.2, 0) is 14.3 Å². The molecule has 1 amide bonds. The van der Waals surface area contributed by atoms with Crippen molar-refractivity contribution in [2.24, 2.45) is 0 Å². The standard InChI is InChI=1S/C28H37N3O8/c1-9-39-28(35)22-15(2)20(16(3)29-22)24(32)21-23(31(27(34)25(21)33)12-10-11-30(4)5)17-13-18(36-6)26(38-8)19(14-17)37-7/h13-14,23,29,32H,9-12H2,1-8H3. The molecule has 0 bridgehead atoms. The Kier molecular flexibility index (Phi) is 9.28. The predicted molar refractivity (Wildman–Crippen MR) is 145 cm³/mol. The quantitative estimate of drug-likeness (QED) is 0.190. The summed E-state index contributed by atoms with van der Waals surface area (Å²) in [4.78, 5) is 45.7. The molecule has 2 N–H and O–H groups in total. The van der Waals surface area contributed by atoms with Gasteiger partial charge in [0.1, 0.15) is 11.5 Å². The summed E-state index contributed by atoms with van der Waals surface area (Å²) in [6.07, 6.45) is 0.593. The molecule has 0 aliphatic carbocycles. The lowest BCUT2D eigenvalue weighted by Crippen LogP contribution is -2.32. The third kappa shape index (κ3) is 5.58. The highest BCUT2D eigenvalue weighted by atomic mass is 16.5. The van der Waals surface area contributed by atoms with Crippen LogP contribution in [-0.4, -0.2) is 92.7 Å². The van der Waals surface area contributed by atoms with Crippen LogP contribution >= 0.6 is 0 Å². The van der Waals surface area contributed by atoms with Crippen molar-refractivity contribution >= 4 is 23.4 Å². The lowest BCUT2D eigenvalue weighted by Gasteiger charge is -2.27. The van der Waals surface area contributed by atoms with Crippen LogP contribution in [0.25, 0.3) is 5.76 Å². The van der Waals surface area contributed by atoms with Gasteiger partial charge in [-0.2, -0.15) is 0 Å². The van der Waals surface area contributed by atoms with Crippen molar-refractivity contribution in [2.75, 3.05) is 55.1 Å². The second kappa shape index (κ2) is 12.2. The molecule has 0 radical (unpaired) electrons. The predicted octanol–water partition coefficient (Wildman–Crippen LogP) is 3.21. The van der Waals surface area contributed by atoms with Gasteiger partial charge in [-0.15, -0.1) is 0 Å². The fourth-order valence-electron chi connectivity index (χ4n) is 4.92. The molecular weight excluding hydrogens is 506 g/mol. The number of aliphatic hydroxyl groups is 1. The normalized spacial score (nSPS) is 16.6. The van der Waals surface area contributed by atoms with E-state index < -0.39 is 23.7 Å². The van der Waals surface area contributed by atoms with E-state index in [2.05, 4.69) is 4.98 Å². The van der Waals surface area contributed by atoms with E-state index in [1.807, 2.05) is 19.0 Å². The third-order valence-electron chi connectivity index (χ3n) is 6.70. The average Bonchev–Trinajstić information content (AvgIpc) is 3.34.